The average molecular weight is 293 g/mol. The van der Waals surface area contributed by atoms with E-state index >= 15 is 0 Å². The van der Waals surface area contributed by atoms with Gasteiger partial charge in [-0.15, -0.1) is 0 Å². The van der Waals surface area contributed by atoms with Gasteiger partial charge >= 0.3 is 0 Å². The topological polar surface area (TPSA) is 102 Å². The Morgan fingerprint density at radius 3 is 2.45 bits per heavy atom. The fraction of sp³-hybridized carbons (Fsp3) is 0.0833. The number of pyridine rings is 1. The lowest BCUT2D eigenvalue weighted by Crippen LogP contribution is -2.14. The average Bonchev–Trinajstić information content (AvgIpc) is 2.41. The first-order valence-electron chi connectivity index (χ1n) is 5.59. The van der Waals surface area contributed by atoms with Crippen molar-refractivity contribution in [3.05, 3.63) is 58.3 Å². The van der Waals surface area contributed by atoms with E-state index in [-0.39, 0.29) is 16.4 Å². The van der Waals surface area contributed by atoms with Crippen molar-refractivity contribution in [2.24, 2.45) is 0 Å². The monoisotopic (exact) mass is 293 g/mol. The van der Waals surface area contributed by atoms with Crippen molar-refractivity contribution >= 4 is 21.5 Å². The maximum atomic E-state index is 12.1. The maximum Gasteiger partial charge on any atom is 0.287 e. The summed E-state index contributed by atoms with van der Waals surface area (Å²) in [6.07, 6.45) is 1.01. The summed E-state index contributed by atoms with van der Waals surface area (Å²) in [4.78, 5) is 13.9. The predicted octanol–water partition coefficient (Wildman–Crippen LogP) is 2.10. The molecule has 0 aliphatic rings. The Morgan fingerprint density at radius 1 is 1.25 bits per heavy atom. The van der Waals surface area contributed by atoms with E-state index in [1.54, 1.807) is 25.1 Å². The molecule has 0 unspecified atom stereocenters. The second-order valence-corrected chi connectivity index (χ2v) is 5.72. The van der Waals surface area contributed by atoms with E-state index in [0.717, 1.165) is 6.20 Å². The maximum absolute atomic E-state index is 12.1. The van der Waals surface area contributed by atoms with Crippen LogP contribution in [0.4, 0.5) is 11.5 Å². The minimum atomic E-state index is -3.75. The standard InChI is InChI=1S/C12H11N3O4S/c1-9-7-10(15(16)17)8-13-12(9)14-20(18,19)11-5-3-2-4-6-11/h2-8H,1H3,(H,13,14). The molecule has 1 heterocycles. The molecule has 7 nitrogen and oxygen atoms in total. The van der Waals surface area contributed by atoms with Gasteiger partial charge in [-0.2, -0.15) is 0 Å². The van der Waals surface area contributed by atoms with Crippen LogP contribution in [0.25, 0.3) is 0 Å². The molecule has 0 aliphatic heterocycles. The van der Waals surface area contributed by atoms with Crippen LogP contribution in [-0.4, -0.2) is 18.3 Å². The third kappa shape index (κ3) is 2.91. The number of aryl methyl sites for hydroxylation is 1. The third-order valence-corrected chi connectivity index (χ3v) is 3.91. The lowest BCUT2D eigenvalue weighted by Gasteiger charge is -2.09. The second-order valence-electron chi connectivity index (χ2n) is 4.03. The molecule has 1 aromatic carbocycles. The predicted molar refractivity (Wildman–Crippen MR) is 72.9 cm³/mol. The van der Waals surface area contributed by atoms with E-state index in [0.29, 0.717) is 5.56 Å². The molecule has 0 saturated carbocycles. The molecule has 8 heteroatoms. The van der Waals surface area contributed by atoms with Crippen molar-refractivity contribution in [1.82, 2.24) is 4.98 Å². The number of hydrogen-bond donors (Lipinski definition) is 1. The Morgan fingerprint density at radius 2 is 1.90 bits per heavy atom. The molecule has 104 valence electrons. The largest absolute Gasteiger partial charge is 0.287 e. The molecule has 0 amide bonds. The zero-order valence-electron chi connectivity index (χ0n) is 10.5. The highest BCUT2D eigenvalue weighted by Gasteiger charge is 2.17. The molecule has 0 bridgehead atoms. The minimum Gasteiger partial charge on any atom is -0.263 e. The number of benzene rings is 1. The third-order valence-electron chi connectivity index (χ3n) is 2.56. The van der Waals surface area contributed by atoms with E-state index in [1.165, 1.54) is 18.2 Å². The number of aromatic nitrogens is 1. The van der Waals surface area contributed by atoms with Crippen molar-refractivity contribution in [2.45, 2.75) is 11.8 Å². The molecule has 20 heavy (non-hydrogen) atoms. The lowest BCUT2D eigenvalue weighted by molar-refractivity contribution is -0.385. The molecule has 1 aromatic heterocycles. The summed E-state index contributed by atoms with van der Waals surface area (Å²) in [6, 6.07) is 9.06. The van der Waals surface area contributed by atoms with E-state index in [4.69, 9.17) is 0 Å². The summed E-state index contributed by atoms with van der Waals surface area (Å²) in [6.45, 7) is 1.54. The first-order chi connectivity index (χ1) is 9.40. The molecular formula is C12H11N3O4S. The molecule has 2 rings (SSSR count). The number of sulfonamides is 1. The fourth-order valence-electron chi connectivity index (χ4n) is 1.55. The van der Waals surface area contributed by atoms with Crippen LogP contribution < -0.4 is 4.72 Å². The van der Waals surface area contributed by atoms with Crippen LogP contribution in [0.3, 0.4) is 0 Å². The van der Waals surface area contributed by atoms with Gasteiger partial charge in [-0.05, 0) is 24.6 Å². The number of hydrogen-bond acceptors (Lipinski definition) is 5. The summed E-state index contributed by atoms with van der Waals surface area (Å²) in [5.41, 5.74) is 0.184. The SMILES string of the molecule is Cc1cc([N+](=O)[O-])cnc1NS(=O)(=O)c1ccccc1. The van der Waals surface area contributed by atoms with Gasteiger partial charge in [-0.3, -0.25) is 14.8 Å². The van der Waals surface area contributed by atoms with Gasteiger partial charge in [-0.25, -0.2) is 13.4 Å². The van der Waals surface area contributed by atoms with Crippen molar-refractivity contribution in [3.8, 4) is 0 Å². The molecule has 2 aromatic rings. The first-order valence-corrected chi connectivity index (χ1v) is 7.07. The number of anilines is 1. The Kier molecular flexibility index (Phi) is 3.66. The van der Waals surface area contributed by atoms with Crippen LogP contribution in [0.5, 0.6) is 0 Å². The van der Waals surface area contributed by atoms with Crippen LogP contribution in [0.15, 0.2) is 47.5 Å². The Balaban J connectivity index is 2.33. The van der Waals surface area contributed by atoms with Gasteiger partial charge in [0.25, 0.3) is 15.7 Å². The van der Waals surface area contributed by atoms with Crippen molar-refractivity contribution in [3.63, 3.8) is 0 Å². The normalized spacial score (nSPS) is 11.1. The lowest BCUT2D eigenvalue weighted by atomic mass is 10.3. The number of rotatable bonds is 4. The van der Waals surface area contributed by atoms with Gasteiger partial charge in [-0.1, -0.05) is 18.2 Å². The van der Waals surface area contributed by atoms with Gasteiger partial charge in [0, 0.05) is 6.07 Å². The number of nitrogens with one attached hydrogen (secondary N) is 1. The second kappa shape index (κ2) is 5.25. The van der Waals surface area contributed by atoms with Crippen molar-refractivity contribution in [2.75, 3.05) is 4.72 Å². The molecule has 0 fully saturated rings. The smallest absolute Gasteiger partial charge is 0.263 e. The van der Waals surface area contributed by atoms with Gasteiger partial charge in [0.15, 0.2) is 0 Å². The summed E-state index contributed by atoms with van der Waals surface area (Å²) >= 11 is 0. The highest BCUT2D eigenvalue weighted by Crippen LogP contribution is 2.20. The molecule has 0 saturated heterocycles. The first kappa shape index (κ1) is 13.9. The molecule has 0 spiro atoms. The van der Waals surface area contributed by atoms with Crippen LogP contribution in [0.2, 0.25) is 0 Å². The van der Waals surface area contributed by atoms with E-state index in [9.17, 15) is 18.5 Å². The van der Waals surface area contributed by atoms with Crippen LogP contribution >= 0.6 is 0 Å². The zero-order chi connectivity index (χ0) is 14.8. The van der Waals surface area contributed by atoms with Gasteiger partial charge in [0.1, 0.15) is 12.0 Å². The van der Waals surface area contributed by atoms with Gasteiger partial charge in [0.2, 0.25) is 0 Å². The summed E-state index contributed by atoms with van der Waals surface area (Å²) in [5, 5.41) is 10.6. The van der Waals surface area contributed by atoms with Crippen molar-refractivity contribution < 1.29 is 13.3 Å². The van der Waals surface area contributed by atoms with E-state index in [1.807, 2.05) is 0 Å². The van der Waals surface area contributed by atoms with Gasteiger partial charge < -0.3 is 0 Å². The molecular weight excluding hydrogens is 282 g/mol. The van der Waals surface area contributed by atoms with E-state index in [2.05, 4.69) is 9.71 Å². The Labute approximate surface area is 115 Å². The van der Waals surface area contributed by atoms with Crippen LogP contribution in [-0.2, 0) is 10.0 Å². The van der Waals surface area contributed by atoms with E-state index < -0.39 is 14.9 Å². The highest BCUT2D eigenvalue weighted by atomic mass is 32.2. The zero-order valence-corrected chi connectivity index (χ0v) is 11.3. The summed E-state index contributed by atoms with van der Waals surface area (Å²) < 4.78 is 26.5. The molecule has 1 N–H and O–H groups in total. The molecule has 0 aliphatic carbocycles. The van der Waals surface area contributed by atoms with Crippen LogP contribution in [0, 0.1) is 17.0 Å². The molecule has 0 radical (unpaired) electrons. The minimum absolute atomic E-state index is 0.0689. The van der Waals surface area contributed by atoms with Crippen molar-refractivity contribution in [1.29, 1.82) is 0 Å². The Bertz CT molecular complexity index is 745. The quantitative estimate of drug-likeness (QED) is 0.687. The number of nitro groups is 1. The molecule has 0 atom stereocenters. The van der Waals surface area contributed by atoms with Gasteiger partial charge in [0.05, 0.1) is 9.82 Å². The highest BCUT2D eigenvalue weighted by molar-refractivity contribution is 7.92. The van der Waals surface area contributed by atoms with Crippen LogP contribution in [0.1, 0.15) is 5.56 Å². The summed E-state index contributed by atoms with van der Waals surface area (Å²) in [7, 11) is -3.75. The fourth-order valence-corrected chi connectivity index (χ4v) is 2.65. The summed E-state index contributed by atoms with van der Waals surface area (Å²) in [5.74, 6) is 0.0689. The number of nitrogens with zero attached hydrogens (tertiary/aromatic N) is 2. The Hall–Kier alpha value is -2.48.